The molecule has 1 saturated carbocycles. The summed E-state index contributed by atoms with van der Waals surface area (Å²) in [6.07, 6.45) is 3.00. The maximum Gasteiger partial charge on any atom is 0.150 e. The number of aliphatic hydroxyl groups excluding tert-OH is 1. The molecule has 0 heterocycles. The Morgan fingerprint density at radius 1 is 1.28 bits per heavy atom. The third kappa shape index (κ3) is 3.40. The molecule has 1 aromatic carbocycles. The van der Waals surface area contributed by atoms with Gasteiger partial charge >= 0.3 is 0 Å². The first kappa shape index (κ1) is 13.2. The Bertz CT molecular complexity index is 377. The summed E-state index contributed by atoms with van der Waals surface area (Å²) in [6, 6.07) is 10.1. The number of hydrogen-bond donors (Lipinski definition) is 2. The second-order valence-corrected chi connectivity index (χ2v) is 5.04. The van der Waals surface area contributed by atoms with E-state index in [0.29, 0.717) is 6.54 Å². The molecule has 18 heavy (non-hydrogen) atoms. The molecule has 3 heteroatoms. The van der Waals surface area contributed by atoms with Crippen molar-refractivity contribution < 1.29 is 9.90 Å². The van der Waals surface area contributed by atoms with Gasteiger partial charge in [0.05, 0.1) is 6.54 Å². The van der Waals surface area contributed by atoms with E-state index in [1.54, 1.807) is 0 Å². The van der Waals surface area contributed by atoms with Crippen molar-refractivity contribution >= 4 is 5.78 Å². The first-order valence-corrected chi connectivity index (χ1v) is 6.69. The lowest BCUT2D eigenvalue weighted by molar-refractivity contribution is -0.123. The smallest absolute Gasteiger partial charge is 0.150 e. The Kier molecular flexibility index (Phi) is 4.90. The van der Waals surface area contributed by atoms with Gasteiger partial charge in [-0.3, -0.25) is 4.79 Å². The van der Waals surface area contributed by atoms with Gasteiger partial charge < -0.3 is 10.4 Å². The van der Waals surface area contributed by atoms with Crippen LogP contribution in [0.25, 0.3) is 0 Å². The predicted octanol–water partition coefficient (Wildman–Crippen LogP) is 1.75. The normalized spacial score (nSPS) is 23.2. The van der Waals surface area contributed by atoms with Crippen molar-refractivity contribution in [3.05, 3.63) is 35.9 Å². The van der Waals surface area contributed by atoms with Gasteiger partial charge in [-0.05, 0) is 24.3 Å². The van der Waals surface area contributed by atoms with Crippen molar-refractivity contribution in [2.24, 2.45) is 11.8 Å². The topological polar surface area (TPSA) is 49.3 Å². The molecule has 0 bridgehead atoms. The minimum absolute atomic E-state index is 0.0678. The van der Waals surface area contributed by atoms with Crippen LogP contribution < -0.4 is 5.32 Å². The summed E-state index contributed by atoms with van der Waals surface area (Å²) in [7, 11) is 0. The van der Waals surface area contributed by atoms with E-state index in [-0.39, 0.29) is 24.2 Å². The van der Waals surface area contributed by atoms with Crippen LogP contribution in [-0.2, 0) is 11.3 Å². The monoisotopic (exact) mass is 247 g/mol. The molecule has 0 radical (unpaired) electrons. The maximum absolute atomic E-state index is 12.0. The Balaban J connectivity index is 1.75. The molecule has 2 atom stereocenters. The van der Waals surface area contributed by atoms with E-state index in [9.17, 15) is 9.90 Å². The Labute approximate surface area is 108 Å². The molecule has 1 aromatic rings. The fourth-order valence-electron chi connectivity index (χ4n) is 2.74. The van der Waals surface area contributed by atoms with Gasteiger partial charge in [0.25, 0.3) is 0 Å². The fourth-order valence-corrected chi connectivity index (χ4v) is 2.74. The van der Waals surface area contributed by atoms with Crippen molar-refractivity contribution in [2.45, 2.75) is 25.8 Å². The highest BCUT2D eigenvalue weighted by Crippen LogP contribution is 2.31. The zero-order chi connectivity index (χ0) is 12.8. The number of hydrogen-bond acceptors (Lipinski definition) is 3. The highest BCUT2D eigenvalue weighted by Gasteiger charge is 2.31. The van der Waals surface area contributed by atoms with Gasteiger partial charge in [-0.2, -0.15) is 0 Å². The minimum Gasteiger partial charge on any atom is -0.396 e. The largest absolute Gasteiger partial charge is 0.396 e. The van der Waals surface area contributed by atoms with Crippen molar-refractivity contribution in [1.29, 1.82) is 0 Å². The second-order valence-electron chi connectivity index (χ2n) is 5.04. The van der Waals surface area contributed by atoms with Crippen molar-refractivity contribution in [2.75, 3.05) is 13.2 Å². The molecule has 2 rings (SSSR count). The van der Waals surface area contributed by atoms with E-state index in [1.807, 2.05) is 30.3 Å². The zero-order valence-corrected chi connectivity index (χ0v) is 10.6. The molecule has 2 N–H and O–H groups in total. The van der Waals surface area contributed by atoms with Crippen molar-refractivity contribution in [1.82, 2.24) is 5.32 Å². The van der Waals surface area contributed by atoms with Crippen LogP contribution in [0.15, 0.2) is 30.3 Å². The van der Waals surface area contributed by atoms with Crippen LogP contribution in [0.1, 0.15) is 24.8 Å². The standard InChI is InChI=1S/C15H21NO2/c17-11-13-7-4-8-14(13)15(18)10-16-9-12-5-2-1-3-6-12/h1-3,5-6,13-14,16-17H,4,7-11H2/t13-,14?/m0/s1. The van der Waals surface area contributed by atoms with Gasteiger partial charge in [0.15, 0.2) is 0 Å². The van der Waals surface area contributed by atoms with Gasteiger partial charge in [0.2, 0.25) is 0 Å². The molecule has 0 spiro atoms. The number of carbonyl (C=O) groups excluding carboxylic acids is 1. The van der Waals surface area contributed by atoms with E-state index in [2.05, 4.69) is 5.32 Å². The summed E-state index contributed by atoms with van der Waals surface area (Å²) in [5, 5.41) is 12.4. The van der Waals surface area contributed by atoms with Gasteiger partial charge in [-0.15, -0.1) is 0 Å². The van der Waals surface area contributed by atoms with Gasteiger partial charge in [-0.1, -0.05) is 36.8 Å². The molecule has 0 amide bonds. The summed E-state index contributed by atoms with van der Waals surface area (Å²) >= 11 is 0. The molecule has 1 aliphatic rings. The van der Waals surface area contributed by atoms with Gasteiger partial charge in [-0.25, -0.2) is 0 Å². The molecular formula is C15H21NO2. The number of ketones is 1. The SMILES string of the molecule is O=C(CNCc1ccccc1)C1CCC[C@H]1CO. The molecule has 1 unspecified atom stereocenters. The summed E-state index contributed by atoms with van der Waals surface area (Å²) in [5.41, 5.74) is 1.19. The lowest BCUT2D eigenvalue weighted by Crippen LogP contribution is -2.31. The van der Waals surface area contributed by atoms with Crippen LogP contribution in [0, 0.1) is 11.8 Å². The molecule has 0 saturated heterocycles. The zero-order valence-electron chi connectivity index (χ0n) is 10.6. The number of benzene rings is 1. The van der Waals surface area contributed by atoms with Crippen LogP contribution in [0.4, 0.5) is 0 Å². The first-order valence-electron chi connectivity index (χ1n) is 6.69. The molecule has 0 aromatic heterocycles. The van der Waals surface area contributed by atoms with Crippen LogP contribution in [0.2, 0.25) is 0 Å². The average molecular weight is 247 g/mol. The van der Waals surface area contributed by atoms with Crippen LogP contribution in [-0.4, -0.2) is 24.0 Å². The quantitative estimate of drug-likeness (QED) is 0.805. The maximum atomic E-state index is 12.0. The lowest BCUT2D eigenvalue weighted by atomic mass is 9.92. The number of carbonyl (C=O) groups is 1. The number of nitrogens with one attached hydrogen (secondary N) is 1. The fraction of sp³-hybridized carbons (Fsp3) is 0.533. The van der Waals surface area contributed by atoms with Crippen LogP contribution in [0.5, 0.6) is 0 Å². The second kappa shape index (κ2) is 6.66. The third-order valence-electron chi connectivity index (χ3n) is 3.78. The van der Waals surface area contributed by atoms with Crippen molar-refractivity contribution in [3.8, 4) is 0 Å². The highest BCUT2D eigenvalue weighted by atomic mass is 16.3. The molecular weight excluding hydrogens is 226 g/mol. The van der Waals surface area contributed by atoms with Crippen molar-refractivity contribution in [3.63, 3.8) is 0 Å². The first-order chi connectivity index (χ1) is 8.81. The Morgan fingerprint density at radius 2 is 2.06 bits per heavy atom. The molecule has 0 aliphatic heterocycles. The van der Waals surface area contributed by atoms with Crippen LogP contribution in [0.3, 0.4) is 0 Å². The summed E-state index contributed by atoms with van der Waals surface area (Å²) in [5.74, 6) is 0.511. The third-order valence-corrected chi connectivity index (χ3v) is 3.78. The molecule has 1 fully saturated rings. The van der Waals surface area contributed by atoms with E-state index in [1.165, 1.54) is 5.56 Å². The highest BCUT2D eigenvalue weighted by molar-refractivity contribution is 5.83. The van der Waals surface area contributed by atoms with E-state index >= 15 is 0 Å². The van der Waals surface area contributed by atoms with E-state index < -0.39 is 0 Å². The Morgan fingerprint density at radius 3 is 2.78 bits per heavy atom. The number of rotatable bonds is 6. The lowest BCUT2D eigenvalue weighted by Gasteiger charge is -2.16. The van der Waals surface area contributed by atoms with Crippen LogP contribution >= 0.6 is 0 Å². The predicted molar refractivity (Wildman–Crippen MR) is 71.1 cm³/mol. The summed E-state index contributed by atoms with van der Waals surface area (Å²) < 4.78 is 0. The molecule has 1 aliphatic carbocycles. The summed E-state index contributed by atoms with van der Waals surface area (Å²) in [4.78, 5) is 12.0. The number of aliphatic hydroxyl groups is 1. The Hall–Kier alpha value is -1.19. The summed E-state index contributed by atoms with van der Waals surface area (Å²) in [6.45, 7) is 1.29. The molecule has 3 nitrogen and oxygen atoms in total. The number of Topliss-reactive ketones (excluding diaryl/α,β-unsaturated/α-hetero) is 1. The average Bonchev–Trinajstić information content (AvgIpc) is 2.88. The van der Waals surface area contributed by atoms with E-state index in [4.69, 9.17) is 0 Å². The minimum atomic E-state index is 0.0678. The van der Waals surface area contributed by atoms with E-state index in [0.717, 1.165) is 25.8 Å². The van der Waals surface area contributed by atoms with Gasteiger partial charge in [0, 0.05) is 19.1 Å². The molecule has 98 valence electrons. The van der Waals surface area contributed by atoms with Gasteiger partial charge in [0.1, 0.15) is 5.78 Å².